The number of carbonyl (C=O) groups is 3. The summed E-state index contributed by atoms with van der Waals surface area (Å²) in [5.74, 6) is -1.77. The third-order valence-corrected chi connectivity index (χ3v) is 4.09. The molecule has 1 atom stereocenters. The van der Waals surface area contributed by atoms with Gasteiger partial charge in [-0.3, -0.25) is 9.59 Å². The summed E-state index contributed by atoms with van der Waals surface area (Å²) in [5, 5.41) is 2.52. The molecule has 2 rings (SSSR count). The first-order valence-corrected chi connectivity index (χ1v) is 7.56. The minimum absolute atomic E-state index is 0.142. The van der Waals surface area contributed by atoms with Crippen LogP contribution in [0.2, 0.25) is 0 Å². The standard InChI is InChI=1S/C16H14FNO4S/c1-9(19)13-7-8-14(23-13)16(21)22-10(2)15(20)18-12-5-3-11(17)4-6-12/h3-8,10H,1-2H3,(H,18,20). The number of anilines is 1. The molecule has 23 heavy (non-hydrogen) atoms. The van der Waals surface area contributed by atoms with E-state index in [1.165, 1.54) is 50.2 Å². The lowest BCUT2D eigenvalue weighted by molar-refractivity contribution is -0.123. The van der Waals surface area contributed by atoms with Crippen molar-refractivity contribution in [3.8, 4) is 0 Å². The molecule has 0 saturated heterocycles. The SMILES string of the molecule is CC(=O)c1ccc(C(=O)OC(C)C(=O)Nc2ccc(F)cc2)s1. The Balaban J connectivity index is 1.95. The molecule has 0 radical (unpaired) electrons. The monoisotopic (exact) mass is 335 g/mol. The zero-order valence-electron chi connectivity index (χ0n) is 12.5. The van der Waals surface area contributed by atoms with Crippen molar-refractivity contribution in [3.63, 3.8) is 0 Å². The Morgan fingerprint density at radius 1 is 1.09 bits per heavy atom. The highest BCUT2D eigenvalue weighted by Gasteiger charge is 2.20. The lowest BCUT2D eigenvalue weighted by Crippen LogP contribution is -2.29. The third-order valence-electron chi connectivity index (χ3n) is 2.92. The molecule has 5 nitrogen and oxygen atoms in total. The molecule has 7 heteroatoms. The number of rotatable bonds is 5. The highest BCUT2D eigenvalue weighted by atomic mass is 32.1. The van der Waals surface area contributed by atoms with Gasteiger partial charge in [-0.25, -0.2) is 9.18 Å². The van der Waals surface area contributed by atoms with Crippen molar-refractivity contribution in [2.45, 2.75) is 20.0 Å². The zero-order chi connectivity index (χ0) is 17.0. The Labute approximate surface area is 136 Å². The van der Waals surface area contributed by atoms with E-state index in [2.05, 4.69) is 5.32 Å². The van der Waals surface area contributed by atoms with E-state index in [4.69, 9.17) is 4.74 Å². The van der Waals surface area contributed by atoms with Gasteiger partial charge in [0.1, 0.15) is 10.7 Å². The molecule has 0 spiro atoms. The fraction of sp³-hybridized carbons (Fsp3) is 0.188. The molecule has 1 aromatic carbocycles. The van der Waals surface area contributed by atoms with Gasteiger partial charge in [-0.15, -0.1) is 11.3 Å². The summed E-state index contributed by atoms with van der Waals surface area (Å²) in [6.45, 7) is 2.83. The van der Waals surface area contributed by atoms with Crippen molar-refractivity contribution in [3.05, 3.63) is 52.0 Å². The van der Waals surface area contributed by atoms with Gasteiger partial charge in [-0.2, -0.15) is 0 Å². The van der Waals surface area contributed by atoms with Gasteiger partial charge >= 0.3 is 5.97 Å². The summed E-state index contributed by atoms with van der Waals surface area (Å²) in [4.78, 5) is 35.8. The average Bonchev–Trinajstić information content (AvgIpc) is 2.99. The molecule has 0 aliphatic carbocycles. The van der Waals surface area contributed by atoms with Crippen molar-refractivity contribution in [2.24, 2.45) is 0 Å². The molecule has 1 amide bonds. The van der Waals surface area contributed by atoms with Crippen LogP contribution < -0.4 is 5.32 Å². The highest BCUT2D eigenvalue weighted by Crippen LogP contribution is 2.19. The predicted octanol–water partition coefficient (Wildman–Crippen LogP) is 3.27. The Hall–Kier alpha value is -2.54. The number of ketones is 1. The maximum atomic E-state index is 12.8. The van der Waals surface area contributed by atoms with Gasteiger partial charge in [0.15, 0.2) is 11.9 Å². The van der Waals surface area contributed by atoms with Gasteiger partial charge in [-0.05, 0) is 50.2 Å². The van der Waals surface area contributed by atoms with Crippen LogP contribution in [0.5, 0.6) is 0 Å². The van der Waals surface area contributed by atoms with E-state index in [0.29, 0.717) is 10.6 Å². The molecule has 0 bridgehead atoms. The van der Waals surface area contributed by atoms with E-state index in [1.807, 2.05) is 0 Å². The number of amides is 1. The molecule has 0 saturated carbocycles. The van der Waals surface area contributed by atoms with Crippen LogP contribution in [0.4, 0.5) is 10.1 Å². The first kappa shape index (κ1) is 16.8. The lowest BCUT2D eigenvalue weighted by atomic mass is 10.3. The van der Waals surface area contributed by atoms with Gasteiger partial charge in [-0.1, -0.05) is 0 Å². The molecular formula is C16H14FNO4S. The summed E-state index contributed by atoms with van der Waals surface area (Å²) in [6, 6.07) is 8.24. The number of ether oxygens (including phenoxy) is 1. The number of halogens is 1. The van der Waals surface area contributed by atoms with Crippen molar-refractivity contribution in [2.75, 3.05) is 5.32 Å². The smallest absolute Gasteiger partial charge is 0.349 e. The maximum absolute atomic E-state index is 12.8. The summed E-state index contributed by atoms with van der Waals surface area (Å²) >= 11 is 1.01. The third kappa shape index (κ3) is 4.46. The van der Waals surface area contributed by atoms with Gasteiger partial charge < -0.3 is 10.1 Å². The summed E-state index contributed by atoms with van der Waals surface area (Å²) in [5.41, 5.74) is 0.397. The Morgan fingerprint density at radius 2 is 1.70 bits per heavy atom. The number of esters is 1. The summed E-state index contributed by atoms with van der Waals surface area (Å²) in [6.07, 6.45) is -1.03. The van der Waals surface area contributed by atoms with Gasteiger partial charge in [0.2, 0.25) is 0 Å². The molecular weight excluding hydrogens is 321 g/mol. The van der Waals surface area contributed by atoms with E-state index >= 15 is 0 Å². The van der Waals surface area contributed by atoms with Crippen molar-refractivity contribution >= 4 is 34.7 Å². The molecule has 0 fully saturated rings. The van der Waals surface area contributed by atoms with Crippen LogP contribution in [-0.2, 0) is 9.53 Å². The van der Waals surface area contributed by atoms with Gasteiger partial charge in [0.05, 0.1) is 4.88 Å². The van der Waals surface area contributed by atoms with E-state index in [1.54, 1.807) is 0 Å². The van der Waals surface area contributed by atoms with Crippen LogP contribution >= 0.6 is 11.3 Å². The van der Waals surface area contributed by atoms with Crippen molar-refractivity contribution < 1.29 is 23.5 Å². The highest BCUT2D eigenvalue weighted by molar-refractivity contribution is 7.15. The summed E-state index contributed by atoms with van der Waals surface area (Å²) in [7, 11) is 0. The lowest BCUT2D eigenvalue weighted by Gasteiger charge is -2.12. The maximum Gasteiger partial charge on any atom is 0.349 e. The fourth-order valence-corrected chi connectivity index (χ4v) is 2.47. The molecule has 0 aliphatic rings. The molecule has 0 aliphatic heterocycles. The van der Waals surface area contributed by atoms with Crippen LogP contribution in [0.15, 0.2) is 36.4 Å². The predicted molar refractivity (Wildman–Crippen MR) is 84.2 cm³/mol. The van der Waals surface area contributed by atoms with Gasteiger partial charge in [0.25, 0.3) is 5.91 Å². The molecule has 1 unspecified atom stereocenters. The molecule has 1 aromatic heterocycles. The average molecular weight is 335 g/mol. The topological polar surface area (TPSA) is 72.5 Å². The van der Waals surface area contributed by atoms with Crippen molar-refractivity contribution in [1.82, 2.24) is 0 Å². The Bertz CT molecular complexity index is 739. The minimum Gasteiger partial charge on any atom is -0.448 e. The second kappa shape index (κ2) is 7.15. The molecule has 1 heterocycles. The quantitative estimate of drug-likeness (QED) is 0.672. The van der Waals surface area contributed by atoms with E-state index in [0.717, 1.165) is 11.3 Å². The number of carbonyl (C=O) groups excluding carboxylic acids is 3. The second-order valence-corrected chi connectivity index (χ2v) is 5.85. The van der Waals surface area contributed by atoms with E-state index in [9.17, 15) is 18.8 Å². The summed E-state index contributed by atoms with van der Waals surface area (Å²) < 4.78 is 17.9. The Kier molecular flexibility index (Phi) is 5.23. The first-order chi connectivity index (χ1) is 10.9. The van der Waals surface area contributed by atoms with E-state index in [-0.39, 0.29) is 10.7 Å². The van der Waals surface area contributed by atoms with Crippen LogP contribution in [-0.4, -0.2) is 23.8 Å². The number of hydrogen-bond acceptors (Lipinski definition) is 5. The second-order valence-electron chi connectivity index (χ2n) is 4.76. The van der Waals surface area contributed by atoms with Gasteiger partial charge in [0, 0.05) is 5.69 Å². The Morgan fingerprint density at radius 3 is 2.26 bits per heavy atom. The largest absolute Gasteiger partial charge is 0.448 e. The zero-order valence-corrected chi connectivity index (χ0v) is 13.3. The van der Waals surface area contributed by atoms with E-state index < -0.39 is 23.8 Å². The first-order valence-electron chi connectivity index (χ1n) is 6.75. The number of hydrogen-bond donors (Lipinski definition) is 1. The number of nitrogens with one attached hydrogen (secondary N) is 1. The number of thiophene rings is 1. The molecule has 2 aromatic rings. The fourth-order valence-electron chi connectivity index (χ4n) is 1.69. The van der Waals surface area contributed by atoms with Crippen molar-refractivity contribution in [1.29, 1.82) is 0 Å². The van der Waals surface area contributed by atoms with Crippen LogP contribution in [0, 0.1) is 5.82 Å². The molecule has 1 N–H and O–H groups in total. The van der Waals surface area contributed by atoms with Crippen LogP contribution in [0.3, 0.4) is 0 Å². The minimum atomic E-state index is -1.03. The number of benzene rings is 1. The normalized spacial score (nSPS) is 11.6. The molecule has 120 valence electrons. The van der Waals surface area contributed by atoms with Crippen LogP contribution in [0.25, 0.3) is 0 Å². The van der Waals surface area contributed by atoms with Crippen LogP contribution in [0.1, 0.15) is 33.2 Å². The number of Topliss-reactive ketones (excluding diaryl/α,β-unsaturated/α-hetero) is 1.